The fraction of sp³-hybridized carbons (Fsp3) is 0.500. The Hall–Kier alpha value is -4.41. The van der Waals surface area contributed by atoms with Crippen LogP contribution in [0.2, 0.25) is 0 Å². The lowest BCUT2D eigenvalue weighted by Crippen LogP contribution is -2.55. The Morgan fingerprint density at radius 3 is 2.13 bits per heavy atom. The van der Waals surface area contributed by atoms with Crippen molar-refractivity contribution in [2.24, 2.45) is 29.2 Å². The average Bonchev–Trinajstić information content (AvgIpc) is 3.05. The number of amidine groups is 1. The van der Waals surface area contributed by atoms with Crippen molar-refractivity contribution in [2.75, 3.05) is 26.7 Å². The number of nitrogen functional groups attached to an aromatic ring is 1. The lowest BCUT2D eigenvalue weighted by molar-refractivity contribution is -0.143. The van der Waals surface area contributed by atoms with Gasteiger partial charge in [0.05, 0.1) is 0 Å². The largest absolute Gasteiger partial charge is 0.384 e. The van der Waals surface area contributed by atoms with Gasteiger partial charge in [-0.2, -0.15) is 0 Å². The van der Waals surface area contributed by atoms with Crippen LogP contribution in [0.25, 0.3) is 0 Å². The van der Waals surface area contributed by atoms with Crippen molar-refractivity contribution >= 4 is 29.5 Å². The highest BCUT2D eigenvalue weighted by molar-refractivity contribution is 6.02. The van der Waals surface area contributed by atoms with Crippen molar-refractivity contribution in [2.45, 2.75) is 64.0 Å². The number of piperidine rings is 1. The van der Waals surface area contributed by atoms with E-state index >= 15 is 0 Å². The summed E-state index contributed by atoms with van der Waals surface area (Å²) < 4.78 is 0. The molecule has 8 N–H and O–H groups in total. The van der Waals surface area contributed by atoms with E-state index in [1.165, 1.54) is 0 Å². The topological polar surface area (TPSA) is 181 Å². The van der Waals surface area contributed by atoms with Gasteiger partial charge >= 0.3 is 0 Å². The number of carbonyl (C=O) groups excluding carboxylic acids is 3. The van der Waals surface area contributed by atoms with Crippen LogP contribution in [0.15, 0.2) is 54.6 Å². The molecule has 1 heterocycles. The first kappa shape index (κ1) is 33.5. The first-order valence-corrected chi connectivity index (χ1v) is 16.0. The van der Waals surface area contributed by atoms with Crippen LogP contribution in [0, 0.1) is 28.6 Å². The third kappa shape index (κ3) is 9.54. The lowest BCUT2D eigenvalue weighted by atomic mass is 9.83. The number of nitrogens with zero attached hydrogens (tertiary/aromatic N) is 2. The smallest absolute Gasteiger partial charge is 0.242 e. The molecule has 1 aliphatic carbocycles. The van der Waals surface area contributed by atoms with Crippen LogP contribution in [-0.4, -0.2) is 72.0 Å². The Bertz CT molecular complexity index is 1320. The number of carbonyl (C=O) groups is 3. The maximum atomic E-state index is 14.1. The molecule has 0 spiro atoms. The molecule has 1 saturated heterocycles. The van der Waals surface area contributed by atoms with Crippen molar-refractivity contribution in [3.63, 3.8) is 0 Å². The molecular formula is C34H48N8O3. The molecule has 45 heavy (non-hydrogen) atoms. The highest BCUT2D eigenvalue weighted by Gasteiger charge is 2.36. The molecule has 0 aromatic heterocycles. The Morgan fingerprint density at radius 1 is 0.889 bits per heavy atom. The molecule has 2 aliphatic rings. The summed E-state index contributed by atoms with van der Waals surface area (Å²) in [5, 5.41) is 21.5. The summed E-state index contributed by atoms with van der Waals surface area (Å²) in [5.74, 6) is -1.76. The Morgan fingerprint density at radius 2 is 1.53 bits per heavy atom. The molecule has 0 bridgehead atoms. The van der Waals surface area contributed by atoms with E-state index in [9.17, 15) is 14.4 Å². The number of nitrogens with two attached hydrogens (primary N) is 2. The molecule has 11 nitrogen and oxygen atoms in total. The molecule has 1 aliphatic heterocycles. The molecule has 2 aromatic carbocycles. The quantitative estimate of drug-likeness (QED) is 0.121. The van der Waals surface area contributed by atoms with Gasteiger partial charge in [0.2, 0.25) is 17.7 Å². The van der Waals surface area contributed by atoms with Gasteiger partial charge in [-0.15, -0.1) is 0 Å². The summed E-state index contributed by atoms with van der Waals surface area (Å²) in [7, 11) is 1.69. The summed E-state index contributed by atoms with van der Waals surface area (Å²) in [6, 6.07) is 15.9. The zero-order chi connectivity index (χ0) is 32.3. The van der Waals surface area contributed by atoms with Crippen molar-refractivity contribution < 1.29 is 14.4 Å². The zero-order valence-electron chi connectivity index (χ0n) is 26.3. The van der Waals surface area contributed by atoms with Crippen LogP contribution in [0.4, 0.5) is 0 Å². The number of hydrogen-bond acceptors (Lipinski definition) is 5. The van der Waals surface area contributed by atoms with E-state index in [1.807, 2.05) is 35.2 Å². The standard InChI is InChI=1S/C34H48N8O3/c1-41(22-25-8-4-2-5-9-25)33(45)28(20-23-12-14-27(15-13-23)30(35)36)31(43)40-29(26-10-6-3-7-11-26)32(44)39-21-24-16-18-42(19-17-24)34(37)38/h2,4-5,8-9,12-15,24,26,28-29H,3,6-7,10-11,16-22H2,1H3,(H3,35,36)(H3,37,38)(H,39,44)(H,40,43)/t28-,29+/m1/s1. The maximum Gasteiger partial charge on any atom is 0.242 e. The summed E-state index contributed by atoms with van der Waals surface area (Å²) in [6.07, 6.45) is 6.59. The number of likely N-dealkylation sites (tertiary alicyclic amines) is 1. The molecule has 11 heteroatoms. The van der Waals surface area contributed by atoms with Gasteiger partial charge in [-0.25, -0.2) is 0 Å². The second-order valence-corrected chi connectivity index (χ2v) is 12.5. The molecule has 0 unspecified atom stereocenters. The van der Waals surface area contributed by atoms with Gasteiger partial charge in [-0.3, -0.25) is 25.2 Å². The van der Waals surface area contributed by atoms with Crippen LogP contribution in [0.5, 0.6) is 0 Å². The van der Waals surface area contributed by atoms with Gasteiger partial charge in [-0.05, 0) is 55.1 Å². The molecule has 3 amide bonds. The Labute approximate surface area is 266 Å². The summed E-state index contributed by atoms with van der Waals surface area (Å²) >= 11 is 0. The number of hydrogen-bond donors (Lipinski definition) is 6. The molecule has 2 aromatic rings. The van der Waals surface area contributed by atoms with Gasteiger partial charge in [0.1, 0.15) is 17.8 Å². The molecule has 2 atom stereocenters. The van der Waals surface area contributed by atoms with Crippen LogP contribution in [0.3, 0.4) is 0 Å². The van der Waals surface area contributed by atoms with E-state index in [-0.39, 0.29) is 41.9 Å². The monoisotopic (exact) mass is 616 g/mol. The highest BCUT2D eigenvalue weighted by atomic mass is 16.2. The van der Waals surface area contributed by atoms with E-state index in [0.29, 0.717) is 31.7 Å². The van der Waals surface area contributed by atoms with E-state index in [2.05, 4.69) is 10.6 Å². The number of guanidine groups is 1. The predicted octanol–water partition coefficient (Wildman–Crippen LogP) is 2.57. The molecule has 1 saturated carbocycles. The van der Waals surface area contributed by atoms with E-state index in [4.69, 9.17) is 22.3 Å². The minimum atomic E-state index is -1.04. The minimum absolute atomic E-state index is 0.00471. The minimum Gasteiger partial charge on any atom is -0.384 e. The van der Waals surface area contributed by atoms with Crippen molar-refractivity contribution in [3.05, 3.63) is 71.3 Å². The van der Waals surface area contributed by atoms with Gasteiger partial charge in [0, 0.05) is 38.8 Å². The second-order valence-electron chi connectivity index (χ2n) is 12.5. The normalized spacial score (nSPS) is 17.1. The lowest BCUT2D eigenvalue weighted by Gasteiger charge is -2.34. The van der Waals surface area contributed by atoms with Crippen molar-refractivity contribution in [3.8, 4) is 0 Å². The van der Waals surface area contributed by atoms with E-state index < -0.39 is 17.9 Å². The van der Waals surface area contributed by atoms with Crippen LogP contribution in [-0.2, 0) is 27.3 Å². The number of amides is 3. The fourth-order valence-corrected chi connectivity index (χ4v) is 6.40. The van der Waals surface area contributed by atoms with Gasteiger partial charge in [0.25, 0.3) is 0 Å². The molecule has 4 rings (SSSR count). The molecule has 2 fully saturated rings. The van der Waals surface area contributed by atoms with Gasteiger partial charge in [-0.1, -0.05) is 73.9 Å². The van der Waals surface area contributed by atoms with Crippen LogP contribution < -0.4 is 22.1 Å². The first-order chi connectivity index (χ1) is 21.6. The Kier molecular flexibility index (Phi) is 11.9. The van der Waals surface area contributed by atoms with Crippen molar-refractivity contribution in [1.29, 1.82) is 10.8 Å². The first-order valence-electron chi connectivity index (χ1n) is 16.0. The molecule has 242 valence electrons. The van der Waals surface area contributed by atoms with E-state index in [1.54, 1.807) is 36.2 Å². The fourth-order valence-electron chi connectivity index (χ4n) is 6.40. The number of benzene rings is 2. The van der Waals surface area contributed by atoms with Crippen LogP contribution >= 0.6 is 0 Å². The number of nitrogens with one attached hydrogen (secondary N) is 4. The summed E-state index contributed by atoms with van der Waals surface area (Å²) in [4.78, 5) is 45.0. The van der Waals surface area contributed by atoms with Crippen LogP contribution in [0.1, 0.15) is 61.6 Å². The summed E-state index contributed by atoms with van der Waals surface area (Å²) in [5.41, 5.74) is 13.5. The van der Waals surface area contributed by atoms with Gasteiger partial charge in [0.15, 0.2) is 5.96 Å². The van der Waals surface area contributed by atoms with Crippen molar-refractivity contribution in [1.82, 2.24) is 20.4 Å². The summed E-state index contributed by atoms with van der Waals surface area (Å²) in [6.45, 7) is 2.22. The third-order valence-electron chi connectivity index (χ3n) is 9.18. The molecule has 0 radical (unpaired) electrons. The molecular weight excluding hydrogens is 568 g/mol. The zero-order valence-corrected chi connectivity index (χ0v) is 26.3. The number of rotatable bonds is 12. The predicted molar refractivity (Wildman–Crippen MR) is 175 cm³/mol. The van der Waals surface area contributed by atoms with Gasteiger partial charge < -0.3 is 31.9 Å². The SMILES string of the molecule is CN(Cc1ccccc1)C(=O)[C@H](Cc1ccc(C(=N)N)cc1)C(=O)N[C@H](C(=O)NCC1CCN(C(=N)N)CC1)C1CCCCC1. The third-order valence-corrected chi connectivity index (χ3v) is 9.18. The second kappa shape index (κ2) is 16.1. The highest BCUT2D eigenvalue weighted by Crippen LogP contribution is 2.27. The maximum absolute atomic E-state index is 14.1. The Balaban J connectivity index is 1.50. The van der Waals surface area contributed by atoms with E-state index in [0.717, 1.165) is 56.1 Å². The average molecular weight is 617 g/mol.